The first-order valence-corrected chi connectivity index (χ1v) is 8.55. The van der Waals surface area contributed by atoms with Crippen LogP contribution in [-0.4, -0.2) is 18.2 Å². The van der Waals surface area contributed by atoms with Crippen molar-refractivity contribution < 1.29 is 9.53 Å². The average molecular weight is 369 g/mol. The molecule has 0 unspecified atom stereocenters. The Morgan fingerprint density at radius 3 is 2.55 bits per heavy atom. The second-order valence-electron chi connectivity index (χ2n) is 7.01. The molecule has 1 aliphatic rings. The van der Waals surface area contributed by atoms with E-state index in [2.05, 4.69) is 27.3 Å². The summed E-state index contributed by atoms with van der Waals surface area (Å²) < 4.78 is 6.16. The van der Waals surface area contributed by atoms with E-state index in [0.29, 0.717) is 6.54 Å². The second kappa shape index (κ2) is 6.59. The molecule has 0 atom stereocenters. The van der Waals surface area contributed by atoms with E-state index in [1.165, 1.54) is 18.4 Å². The summed E-state index contributed by atoms with van der Waals surface area (Å²) in [5.74, 6) is 0. The van der Waals surface area contributed by atoms with Crippen LogP contribution >= 0.6 is 15.9 Å². The maximum absolute atomic E-state index is 12.0. The molecular formula is C17H25BrN2O2. The zero-order valence-electron chi connectivity index (χ0n) is 13.5. The first-order chi connectivity index (χ1) is 10.3. The van der Waals surface area contributed by atoms with Crippen molar-refractivity contribution in [3.63, 3.8) is 0 Å². The third kappa shape index (κ3) is 4.02. The predicted octanol–water partition coefficient (Wildman–Crippen LogP) is 4.57. The van der Waals surface area contributed by atoms with Gasteiger partial charge in [0.1, 0.15) is 5.60 Å². The minimum absolute atomic E-state index is 0.0467. The molecule has 1 fully saturated rings. The minimum Gasteiger partial charge on any atom is -0.444 e. The Bertz CT molecular complexity index is 546. The molecule has 0 radical (unpaired) electrons. The van der Waals surface area contributed by atoms with Crippen LogP contribution in [0.25, 0.3) is 0 Å². The summed E-state index contributed by atoms with van der Waals surface area (Å²) in [6, 6.07) is 6.09. The number of halogens is 1. The van der Waals surface area contributed by atoms with Crippen molar-refractivity contribution >= 4 is 27.7 Å². The predicted molar refractivity (Wildman–Crippen MR) is 93.2 cm³/mol. The summed E-state index contributed by atoms with van der Waals surface area (Å²) in [5, 5.41) is 2.82. The maximum atomic E-state index is 12.0. The van der Waals surface area contributed by atoms with Crippen molar-refractivity contribution in [2.75, 3.05) is 11.9 Å². The number of nitrogens with one attached hydrogen (secondary N) is 1. The molecule has 1 aromatic rings. The average Bonchev–Trinajstić information content (AvgIpc) is 2.89. The summed E-state index contributed by atoms with van der Waals surface area (Å²) in [7, 11) is 0. The third-order valence-electron chi connectivity index (χ3n) is 4.17. The molecule has 1 aliphatic carbocycles. The van der Waals surface area contributed by atoms with Gasteiger partial charge in [-0.05, 0) is 67.2 Å². The number of benzene rings is 1. The lowest BCUT2D eigenvalue weighted by Gasteiger charge is -2.28. The highest BCUT2D eigenvalue weighted by molar-refractivity contribution is 9.10. The molecule has 122 valence electrons. The molecule has 4 nitrogen and oxygen atoms in total. The van der Waals surface area contributed by atoms with Crippen LogP contribution in [0.3, 0.4) is 0 Å². The zero-order chi connectivity index (χ0) is 16.4. The summed E-state index contributed by atoms with van der Waals surface area (Å²) in [5.41, 5.74) is 7.50. The number of ether oxygens (including phenoxy) is 1. The van der Waals surface area contributed by atoms with E-state index in [-0.39, 0.29) is 5.41 Å². The van der Waals surface area contributed by atoms with Crippen molar-refractivity contribution in [1.29, 1.82) is 0 Å². The Morgan fingerprint density at radius 2 is 2.00 bits per heavy atom. The van der Waals surface area contributed by atoms with Crippen LogP contribution < -0.4 is 11.1 Å². The first kappa shape index (κ1) is 17.3. The van der Waals surface area contributed by atoms with Gasteiger partial charge in [0.2, 0.25) is 0 Å². The van der Waals surface area contributed by atoms with Gasteiger partial charge in [0.05, 0.1) is 5.69 Å². The van der Waals surface area contributed by atoms with Crippen LogP contribution in [0, 0.1) is 0 Å². The molecule has 1 amide bonds. The molecule has 0 aromatic heterocycles. The lowest BCUT2D eigenvalue weighted by molar-refractivity contribution is 0.0636. The molecule has 22 heavy (non-hydrogen) atoms. The summed E-state index contributed by atoms with van der Waals surface area (Å²) >= 11 is 3.49. The van der Waals surface area contributed by atoms with E-state index in [4.69, 9.17) is 10.5 Å². The normalized spacial score (nSPS) is 17.3. The molecule has 1 saturated carbocycles. The summed E-state index contributed by atoms with van der Waals surface area (Å²) in [6.07, 6.45) is 4.19. The fourth-order valence-corrected chi connectivity index (χ4v) is 3.37. The number of amides is 1. The SMILES string of the molecule is CC(C)(C)OC(=O)Nc1cc(C2(CN)CCCC2)ccc1Br. The summed E-state index contributed by atoms with van der Waals surface area (Å²) in [6.45, 7) is 6.18. The van der Waals surface area contributed by atoms with Crippen LogP contribution in [0.15, 0.2) is 22.7 Å². The van der Waals surface area contributed by atoms with Gasteiger partial charge in [-0.2, -0.15) is 0 Å². The van der Waals surface area contributed by atoms with Gasteiger partial charge in [-0.3, -0.25) is 5.32 Å². The number of hydrogen-bond acceptors (Lipinski definition) is 3. The molecule has 0 heterocycles. The van der Waals surface area contributed by atoms with Crippen LogP contribution in [-0.2, 0) is 10.2 Å². The Balaban J connectivity index is 2.22. The van der Waals surface area contributed by atoms with Crippen LogP contribution in [0.2, 0.25) is 0 Å². The largest absolute Gasteiger partial charge is 0.444 e. The quantitative estimate of drug-likeness (QED) is 0.821. The lowest BCUT2D eigenvalue weighted by Crippen LogP contribution is -2.32. The van der Waals surface area contributed by atoms with Gasteiger partial charge < -0.3 is 10.5 Å². The highest BCUT2D eigenvalue weighted by Crippen LogP contribution is 2.42. The minimum atomic E-state index is -0.516. The number of nitrogens with two attached hydrogens (primary N) is 1. The van der Waals surface area contributed by atoms with Crippen LogP contribution in [0.4, 0.5) is 10.5 Å². The van der Waals surface area contributed by atoms with Crippen molar-refractivity contribution in [3.05, 3.63) is 28.2 Å². The Kier molecular flexibility index (Phi) is 5.17. The van der Waals surface area contributed by atoms with Crippen LogP contribution in [0.5, 0.6) is 0 Å². The fraction of sp³-hybridized carbons (Fsp3) is 0.588. The number of carbonyl (C=O) groups is 1. The molecule has 3 N–H and O–H groups in total. The summed E-state index contributed by atoms with van der Waals surface area (Å²) in [4.78, 5) is 12.0. The zero-order valence-corrected chi connectivity index (χ0v) is 15.1. The molecule has 5 heteroatoms. The maximum Gasteiger partial charge on any atom is 0.412 e. The van der Waals surface area contributed by atoms with Gasteiger partial charge in [-0.1, -0.05) is 18.9 Å². The number of hydrogen-bond donors (Lipinski definition) is 2. The smallest absolute Gasteiger partial charge is 0.412 e. The highest BCUT2D eigenvalue weighted by atomic mass is 79.9. The van der Waals surface area contributed by atoms with Gasteiger partial charge in [0.15, 0.2) is 0 Å². The molecule has 0 bridgehead atoms. The van der Waals surface area contributed by atoms with E-state index < -0.39 is 11.7 Å². The van der Waals surface area contributed by atoms with E-state index in [1.807, 2.05) is 32.9 Å². The first-order valence-electron chi connectivity index (χ1n) is 7.76. The van der Waals surface area contributed by atoms with Crippen molar-refractivity contribution in [2.45, 2.75) is 57.5 Å². The Morgan fingerprint density at radius 1 is 1.36 bits per heavy atom. The molecule has 0 spiro atoms. The van der Waals surface area contributed by atoms with Gasteiger partial charge in [-0.15, -0.1) is 0 Å². The molecule has 2 rings (SSSR count). The standard InChI is InChI=1S/C17H25BrN2O2/c1-16(2,3)22-15(21)20-14-10-12(6-7-13(14)18)17(11-19)8-4-5-9-17/h6-7,10H,4-5,8-9,11,19H2,1-3H3,(H,20,21). The van der Waals surface area contributed by atoms with Crippen molar-refractivity contribution in [1.82, 2.24) is 0 Å². The van der Waals surface area contributed by atoms with Gasteiger partial charge in [0.25, 0.3) is 0 Å². The van der Waals surface area contributed by atoms with Gasteiger partial charge in [0, 0.05) is 16.4 Å². The van der Waals surface area contributed by atoms with E-state index in [1.54, 1.807) is 0 Å². The van der Waals surface area contributed by atoms with E-state index in [9.17, 15) is 4.79 Å². The topological polar surface area (TPSA) is 64.3 Å². The molecule has 1 aromatic carbocycles. The molecule has 0 aliphatic heterocycles. The van der Waals surface area contributed by atoms with E-state index in [0.717, 1.165) is 23.0 Å². The second-order valence-corrected chi connectivity index (χ2v) is 7.87. The van der Waals surface area contributed by atoms with Gasteiger partial charge in [-0.25, -0.2) is 4.79 Å². The highest BCUT2D eigenvalue weighted by Gasteiger charge is 2.34. The Hall–Kier alpha value is -1.07. The Labute approximate surface area is 140 Å². The lowest BCUT2D eigenvalue weighted by atomic mass is 9.79. The third-order valence-corrected chi connectivity index (χ3v) is 4.86. The van der Waals surface area contributed by atoms with E-state index >= 15 is 0 Å². The fourth-order valence-electron chi connectivity index (χ4n) is 3.03. The molecule has 0 saturated heterocycles. The number of rotatable bonds is 3. The van der Waals surface area contributed by atoms with Gasteiger partial charge >= 0.3 is 6.09 Å². The van der Waals surface area contributed by atoms with Crippen molar-refractivity contribution in [2.24, 2.45) is 5.73 Å². The van der Waals surface area contributed by atoms with Crippen LogP contribution in [0.1, 0.15) is 52.0 Å². The number of anilines is 1. The monoisotopic (exact) mass is 368 g/mol. The number of carbonyl (C=O) groups excluding carboxylic acids is 1. The molecular weight excluding hydrogens is 344 g/mol. The van der Waals surface area contributed by atoms with Crippen molar-refractivity contribution in [3.8, 4) is 0 Å².